The van der Waals surface area contributed by atoms with Crippen LogP contribution in [0.3, 0.4) is 0 Å². The van der Waals surface area contributed by atoms with Gasteiger partial charge in [0.15, 0.2) is 0 Å². The highest BCUT2D eigenvalue weighted by Gasteiger charge is 2.29. The number of aryl methyl sites for hydroxylation is 2. The third kappa shape index (κ3) is 3.91. The Kier molecular flexibility index (Phi) is 4.99. The molecule has 6 heteroatoms. The molecule has 128 valence electrons. The quantitative estimate of drug-likeness (QED) is 0.846. The van der Waals surface area contributed by atoms with Crippen LogP contribution in [-0.4, -0.2) is 62.7 Å². The minimum absolute atomic E-state index is 0.222. The highest BCUT2D eigenvalue weighted by atomic mass is 16.2. The number of amides is 1. The minimum Gasteiger partial charge on any atom is -0.343 e. The topological polar surface area (TPSA) is 54.3 Å². The molecule has 2 saturated heterocycles. The minimum atomic E-state index is 0.222. The summed E-state index contributed by atoms with van der Waals surface area (Å²) < 4.78 is 2.07. The van der Waals surface area contributed by atoms with E-state index in [1.54, 1.807) is 6.92 Å². The molecule has 0 spiro atoms. The summed E-state index contributed by atoms with van der Waals surface area (Å²) in [6.45, 7) is 10.9. The number of hydrogen-bond donors (Lipinski definition) is 0. The van der Waals surface area contributed by atoms with Crippen LogP contribution in [0.15, 0.2) is 0 Å². The van der Waals surface area contributed by atoms with Gasteiger partial charge in [-0.2, -0.15) is 5.10 Å². The van der Waals surface area contributed by atoms with Crippen LogP contribution >= 0.6 is 0 Å². The van der Waals surface area contributed by atoms with E-state index in [9.17, 15) is 4.79 Å². The molecule has 0 saturated carbocycles. The molecule has 0 unspecified atom stereocenters. The van der Waals surface area contributed by atoms with Crippen LogP contribution in [0.5, 0.6) is 0 Å². The fraction of sp³-hybridized carbons (Fsp3) is 0.824. The molecule has 23 heavy (non-hydrogen) atoms. The summed E-state index contributed by atoms with van der Waals surface area (Å²) in [6.07, 6.45) is 4.82. The molecule has 0 radical (unpaired) electrons. The van der Waals surface area contributed by atoms with Crippen LogP contribution in [-0.2, 0) is 11.3 Å². The predicted molar refractivity (Wildman–Crippen MR) is 89.1 cm³/mol. The summed E-state index contributed by atoms with van der Waals surface area (Å²) in [4.78, 5) is 20.5. The van der Waals surface area contributed by atoms with E-state index >= 15 is 0 Å². The third-order valence-electron chi connectivity index (χ3n) is 5.40. The second-order valence-electron chi connectivity index (χ2n) is 7.13. The monoisotopic (exact) mass is 319 g/mol. The second kappa shape index (κ2) is 6.99. The van der Waals surface area contributed by atoms with Crippen molar-refractivity contribution in [3.63, 3.8) is 0 Å². The summed E-state index contributed by atoms with van der Waals surface area (Å²) in [5.74, 6) is 2.83. The first kappa shape index (κ1) is 16.4. The van der Waals surface area contributed by atoms with Gasteiger partial charge in [-0.15, -0.1) is 0 Å². The van der Waals surface area contributed by atoms with E-state index in [1.807, 2.05) is 18.7 Å². The van der Waals surface area contributed by atoms with Gasteiger partial charge in [-0.1, -0.05) is 0 Å². The van der Waals surface area contributed by atoms with Gasteiger partial charge in [0.2, 0.25) is 5.91 Å². The van der Waals surface area contributed by atoms with Crippen LogP contribution < -0.4 is 0 Å². The van der Waals surface area contributed by atoms with Crippen molar-refractivity contribution in [1.82, 2.24) is 24.6 Å². The van der Waals surface area contributed by atoms with Crippen molar-refractivity contribution in [2.45, 2.75) is 59.0 Å². The lowest BCUT2D eigenvalue weighted by Crippen LogP contribution is -2.42. The fourth-order valence-corrected chi connectivity index (χ4v) is 4.04. The lowest BCUT2D eigenvalue weighted by atomic mass is 9.96. The maximum atomic E-state index is 11.4. The molecule has 1 aromatic rings. The van der Waals surface area contributed by atoms with Crippen LogP contribution in [0.25, 0.3) is 0 Å². The van der Waals surface area contributed by atoms with Crippen LogP contribution in [0.2, 0.25) is 0 Å². The first-order valence-corrected chi connectivity index (χ1v) is 8.90. The van der Waals surface area contributed by atoms with E-state index in [2.05, 4.69) is 19.7 Å². The van der Waals surface area contributed by atoms with Gasteiger partial charge in [0.1, 0.15) is 11.6 Å². The molecule has 3 heterocycles. The molecule has 0 aliphatic carbocycles. The zero-order valence-corrected chi connectivity index (χ0v) is 14.7. The van der Waals surface area contributed by atoms with Crippen molar-refractivity contribution in [2.75, 3.05) is 26.2 Å². The maximum Gasteiger partial charge on any atom is 0.219 e. The Labute approximate surface area is 138 Å². The van der Waals surface area contributed by atoms with Gasteiger partial charge in [0.05, 0.1) is 6.54 Å². The summed E-state index contributed by atoms with van der Waals surface area (Å²) in [5.41, 5.74) is 0. The standard InChI is InChI=1S/C17H29N5O/c1-13-18-14(2)22(19-13)12-17-5-4-8-21(17)11-16-6-9-20(10-7-16)15(3)23/h16-17H,4-12H2,1-3H3/t17-/m0/s1. The molecule has 1 atom stereocenters. The van der Waals surface area contributed by atoms with Gasteiger partial charge < -0.3 is 4.90 Å². The molecule has 3 rings (SSSR count). The van der Waals surface area contributed by atoms with E-state index in [4.69, 9.17) is 0 Å². The van der Waals surface area contributed by atoms with Gasteiger partial charge in [0.25, 0.3) is 0 Å². The molecule has 2 fully saturated rings. The number of carbonyl (C=O) groups excluding carboxylic acids is 1. The van der Waals surface area contributed by atoms with Gasteiger partial charge in [-0.05, 0) is 52.0 Å². The Morgan fingerprint density at radius 3 is 2.48 bits per heavy atom. The van der Waals surface area contributed by atoms with Crippen molar-refractivity contribution >= 4 is 5.91 Å². The molecule has 6 nitrogen and oxygen atoms in total. The summed E-state index contributed by atoms with van der Waals surface area (Å²) in [5, 5.41) is 4.52. The van der Waals surface area contributed by atoms with E-state index in [1.165, 1.54) is 25.9 Å². The van der Waals surface area contributed by atoms with Gasteiger partial charge in [-0.3, -0.25) is 9.69 Å². The number of carbonyl (C=O) groups is 1. The predicted octanol–water partition coefficient (Wildman–Crippen LogP) is 1.62. The third-order valence-corrected chi connectivity index (χ3v) is 5.40. The van der Waals surface area contributed by atoms with Crippen LogP contribution in [0.4, 0.5) is 0 Å². The lowest BCUT2D eigenvalue weighted by molar-refractivity contribution is -0.130. The largest absolute Gasteiger partial charge is 0.343 e. The van der Waals surface area contributed by atoms with E-state index < -0.39 is 0 Å². The molecule has 2 aliphatic heterocycles. The van der Waals surface area contributed by atoms with Crippen molar-refractivity contribution in [3.8, 4) is 0 Å². The Balaban J connectivity index is 1.53. The van der Waals surface area contributed by atoms with Gasteiger partial charge >= 0.3 is 0 Å². The molecule has 1 aromatic heterocycles. The zero-order chi connectivity index (χ0) is 16.4. The fourth-order valence-electron chi connectivity index (χ4n) is 4.04. The summed E-state index contributed by atoms with van der Waals surface area (Å²) >= 11 is 0. The van der Waals surface area contributed by atoms with Crippen LogP contribution in [0.1, 0.15) is 44.3 Å². The molecular formula is C17H29N5O. The second-order valence-corrected chi connectivity index (χ2v) is 7.13. The number of piperidine rings is 1. The van der Waals surface area contributed by atoms with E-state index in [-0.39, 0.29) is 5.91 Å². The molecule has 0 bridgehead atoms. The number of nitrogens with zero attached hydrogens (tertiary/aromatic N) is 5. The summed E-state index contributed by atoms with van der Waals surface area (Å²) in [6, 6.07) is 0.584. The Morgan fingerprint density at radius 1 is 1.13 bits per heavy atom. The van der Waals surface area contributed by atoms with Crippen molar-refractivity contribution in [1.29, 1.82) is 0 Å². The van der Waals surface area contributed by atoms with Crippen molar-refractivity contribution in [3.05, 3.63) is 11.6 Å². The van der Waals surface area contributed by atoms with Crippen LogP contribution in [0, 0.1) is 19.8 Å². The smallest absolute Gasteiger partial charge is 0.219 e. The maximum absolute atomic E-state index is 11.4. The first-order valence-electron chi connectivity index (χ1n) is 8.90. The molecular weight excluding hydrogens is 290 g/mol. The number of likely N-dealkylation sites (tertiary alicyclic amines) is 2. The van der Waals surface area contributed by atoms with E-state index in [0.29, 0.717) is 6.04 Å². The first-order chi connectivity index (χ1) is 11.0. The zero-order valence-electron chi connectivity index (χ0n) is 14.7. The highest BCUT2D eigenvalue weighted by Crippen LogP contribution is 2.25. The van der Waals surface area contributed by atoms with Gasteiger partial charge in [0, 0.05) is 32.6 Å². The average molecular weight is 319 g/mol. The van der Waals surface area contributed by atoms with Crippen molar-refractivity contribution < 1.29 is 4.79 Å². The SMILES string of the molecule is CC(=O)N1CCC(CN2CCC[C@H]2Cn2nc(C)nc2C)CC1. The number of rotatable bonds is 4. The average Bonchev–Trinajstić information content (AvgIpc) is 3.07. The van der Waals surface area contributed by atoms with E-state index in [0.717, 1.165) is 50.0 Å². The molecule has 1 amide bonds. The molecule has 0 N–H and O–H groups in total. The molecule has 0 aromatic carbocycles. The number of aromatic nitrogens is 3. The Morgan fingerprint density at radius 2 is 1.87 bits per heavy atom. The van der Waals surface area contributed by atoms with Gasteiger partial charge in [-0.25, -0.2) is 9.67 Å². The highest BCUT2D eigenvalue weighted by molar-refractivity contribution is 5.73. The molecule has 2 aliphatic rings. The Hall–Kier alpha value is -1.43. The normalized spacial score (nSPS) is 23.6. The summed E-state index contributed by atoms with van der Waals surface area (Å²) in [7, 11) is 0. The Bertz CT molecular complexity index is 547. The number of hydrogen-bond acceptors (Lipinski definition) is 4. The lowest BCUT2D eigenvalue weighted by Gasteiger charge is -2.35. The van der Waals surface area contributed by atoms with Crippen molar-refractivity contribution in [2.24, 2.45) is 5.92 Å².